The normalized spacial score (nSPS) is 13.5. The topological polar surface area (TPSA) is 41.8 Å². The predicted molar refractivity (Wildman–Crippen MR) is 70.0 cm³/mol. The highest BCUT2D eigenvalue weighted by Gasteiger charge is 2.10. The van der Waals surface area contributed by atoms with Gasteiger partial charge in [0.25, 0.3) is 0 Å². The molecule has 0 fully saturated rings. The molecule has 1 aromatic rings. The molecule has 3 heteroatoms. The van der Waals surface area contributed by atoms with Gasteiger partial charge >= 0.3 is 0 Å². The molecule has 0 aliphatic rings. The Balaban J connectivity index is 2.84. The summed E-state index contributed by atoms with van der Waals surface area (Å²) in [6, 6.07) is 7.69. The minimum absolute atomic E-state index is 0.527. The lowest BCUT2D eigenvalue weighted by molar-refractivity contribution is 0.256. The molecule has 0 bridgehead atoms. The number of rotatable bonds is 6. The van der Waals surface area contributed by atoms with E-state index < -0.39 is 0 Å². The van der Waals surface area contributed by atoms with E-state index in [1.807, 2.05) is 31.2 Å². The van der Waals surface area contributed by atoms with Crippen molar-refractivity contribution in [1.29, 1.82) is 0 Å². The van der Waals surface area contributed by atoms with Gasteiger partial charge in [-0.1, -0.05) is 44.5 Å². The van der Waals surface area contributed by atoms with Gasteiger partial charge in [0.2, 0.25) is 0 Å². The molecule has 1 N–H and O–H groups in total. The molecule has 1 aromatic carbocycles. The molecule has 0 heterocycles. The first-order valence-electron chi connectivity index (χ1n) is 6.16. The molecule has 94 valence electrons. The Morgan fingerprint density at radius 1 is 1.35 bits per heavy atom. The molecule has 1 unspecified atom stereocenters. The van der Waals surface area contributed by atoms with Crippen LogP contribution in [0.3, 0.4) is 0 Å². The van der Waals surface area contributed by atoms with Crippen molar-refractivity contribution in [2.24, 2.45) is 11.1 Å². The zero-order chi connectivity index (χ0) is 12.7. The van der Waals surface area contributed by atoms with E-state index >= 15 is 0 Å². The fourth-order valence-electron chi connectivity index (χ4n) is 1.50. The van der Waals surface area contributed by atoms with E-state index in [4.69, 9.17) is 9.94 Å². The second kappa shape index (κ2) is 6.94. The molecule has 0 aliphatic heterocycles. The highest BCUT2D eigenvalue weighted by Crippen LogP contribution is 2.21. The van der Waals surface area contributed by atoms with E-state index in [9.17, 15) is 0 Å². The minimum atomic E-state index is 0.527. The molecule has 0 aliphatic carbocycles. The first-order chi connectivity index (χ1) is 8.22. The molecule has 3 nitrogen and oxygen atoms in total. The van der Waals surface area contributed by atoms with E-state index in [-0.39, 0.29) is 0 Å². The summed E-state index contributed by atoms with van der Waals surface area (Å²) in [5.74, 6) is 1.32. The summed E-state index contributed by atoms with van der Waals surface area (Å²) in [5.41, 5.74) is 1.53. The van der Waals surface area contributed by atoms with Gasteiger partial charge in [-0.3, -0.25) is 0 Å². The molecule has 0 saturated heterocycles. The van der Waals surface area contributed by atoms with Gasteiger partial charge < -0.3 is 9.94 Å². The monoisotopic (exact) mass is 235 g/mol. The molecular formula is C14H21NO2. The molecule has 0 spiro atoms. The lowest BCUT2D eigenvalue weighted by Crippen LogP contribution is -2.10. The molecule has 1 rings (SSSR count). The van der Waals surface area contributed by atoms with Crippen LogP contribution >= 0.6 is 0 Å². The van der Waals surface area contributed by atoms with Crippen LogP contribution in [0.15, 0.2) is 29.4 Å². The third kappa shape index (κ3) is 3.77. The lowest BCUT2D eigenvalue weighted by atomic mass is 10.1. The zero-order valence-corrected chi connectivity index (χ0v) is 10.8. The van der Waals surface area contributed by atoms with E-state index in [1.54, 1.807) is 0 Å². The first kappa shape index (κ1) is 13.6. The molecular weight excluding hydrogens is 214 g/mol. The van der Waals surface area contributed by atoms with E-state index in [0.717, 1.165) is 17.7 Å². The summed E-state index contributed by atoms with van der Waals surface area (Å²) in [6.45, 7) is 6.95. The first-order valence-corrected chi connectivity index (χ1v) is 6.16. The summed E-state index contributed by atoms with van der Waals surface area (Å²) in [7, 11) is 0. The molecule has 0 amide bonds. The third-order valence-electron chi connectivity index (χ3n) is 2.87. The number of nitrogens with zero attached hydrogens (tertiary/aromatic N) is 1. The number of hydrogen-bond acceptors (Lipinski definition) is 3. The third-order valence-corrected chi connectivity index (χ3v) is 2.87. The lowest BCUT2D eigenvalue weighted by Gasteiger charge is -2.14. The van der Waals surface area contributed by atoms with Crippen molar-refractivity contribution >= 4 is 5.71 Å². The maximum Gasteiger partial charge on any atom is 0.128 e. The molecule has 0 saturated carbocycles. The fraction of sp³-hybridized carbons (Fsp3) is 0.500. The van der Waals surface area contributed by atoms with Gasteiger partial charge in [-0.15, -0.1) is 0 Å². The Hall–Kier alpha value is -1.51. The summed E-state index contributed by atoms with van der Waals surface area (Å²) in [6.07, 6.45) is 1.77. The summed E-state index contributed by atoms with van der Waals surface area (Å²) < 4.78 is 5.78. The predicted octanol–water partition coefficient (Wildman–Crippen LogP) is 3.70. The van der Waals surface area contributed by atoms with Crippen molar-refractivity contribution in [3.63, 3.8) is 0 Å². The average Bonchev–Trinajstić information content (AvgIpc) is 2.38. The van der Waals surface area contributed by atoms with Crippen LogP contribution in [0.25, 0.3) is 0 Å². The van der Waals surface area contributed by atoms with Gasteiger partial charge in [-0.2, -0.15) is 0 Å². The van der Waals surface area contributed by atoms with Crippen LogP contribution in [0.1, 0.15) is 39.2 Å². The van der Waals surface area contributed by atoms with Gasteiger partial charge in [-0.25, -0.2) is 0 Å². The van der Waals surface area contributed by atoms with Crippen molar-refractivity contribution < 1.29 is 9.94 Å². The zero-order valence-electron chi connectivity index (χ0n) is 10.8. The molecule has 17 heavy (non-hydrogen) atoms. The van der Waals surface area contributed by atoms with Gasteiger partial charge in [0.15, 0.2) is 0 Å². The maximum atomic E-state index is 8.96. The van der Waals surface area contributed by atoms with Crippen LogP contribution in [0.4, 0.5) is 0 Å². The number of benzene rings is 1. The SMILES string of the molecule is CCC(=NO)c1ccccc1OCC(C)CC. The fourth-order valence-corrected chi connectivity index (χ4v) is 1.50. The Bertz CT molecular complexity index is 374. The Labute approximate surface area is 103 Å². The summed E-state index contributed by atoms with van der Waals surface area (Å²) in [4.78, 5) is 0. The van der Waals surface area contributed by atoms with Crippen molar-refractivity contribution in [2.75, 3.05) is 6.61 Å². The van der Waals surface area contributed by atoms with Crippen LogP contribution in [0.2, 0.25) is 0 Å². The van der Waals surface area contributed by atoms with Gasteiger partial charge in [0.05, 0.1) is 12.3 Å². The van der Waals surface area contributed by atoms with E-state index in [1.165, 1.54) is 0 Å². The highest BCUT2D eigenvalue weighted by molar-refractivity contribution is 6.02. The van der Waals surface area contributed by atoms with Gasteiger partial charge in [-0.05, 0) is 24.5 Å². The van der Waals surface area contributed by atoms with Crippen LogP contribution in [-0.4, -0.2) is 17.5 Å². The quantitative estimate of drug-likeness (QED) is 0.464. The largest absolute Gasteiger partial charge is 0.493 e. The highest BCUT2D eigenvalue weighted by atomic mass is 16.5. The van der Waals surface area contributed by atoms with Crippen molar-refractivity contribution in [3.05, 3.63) is 29.8 Å². The second-order valence-corrected chi connectivity index (χ2v) is 4.22. The van der Waals surface area contributed by atoms with Crippen molar-refractivity contribution in [1.82, 2.24) is 0 Å². The Kier molecular flexibility index (Phi) is 5.53. The number of ether oxygens (including phenoxy) is 1. The van der Waals surface area contributed by atoms with E-state index in [0.29, 0.717) is 24.7 Å². The number of oxime groups is 1. The average molecular weight is 235 g/mol. The molecule has 0 radical (unpaired) electrons. The standard InChI is InChI=1S/C14H21NO2/c1-4-11(3)10-17-14-9-7-6-8-12(14)13(5-2)15-16/h6-9,11,16H,4-5,10H2,1-3H3. The number of hydrogen-bond donors (Lipinski definition) is 1. The summed E-state index contributed by atoms with van der Waals surface area (Å²) >= 11 is 0. The second-order valence-electron chi connectivity index (χ2n) is 4.22. The van der Waals surface area contributed by atoms with Crippen molar-refractivity contribution in [3.8, 4) is 5.75 Å². The van der Waals surface area contributed by atoms with Crippen LogP contribution in [0, 0.1) is 5.92 Å². The maximum absolute atomic E-state index is 8.96. The van der Waals surface area contributed by atoms with Gasteiger partial charge in [0, 0.05) is 5.56 Å². The number of para-hydroxylation sites is 1. The van der Waals surface area contributed by atoms with Gasteiger partial charge in [0.1, 0.15) is 5.75 Å². The van der Waals surface area contributed by atoms with Crippen LogP contribution in [0.5, 0.6) is 5.75 Å². The van der Waals surface area contributed by atoms with Crippen LogP contribution < -0.4 is 4.74 Å². The van der Waals surface area contributed by atoms with Crippen LogP contribution in [-0.2, 0) is 0 Å². The molecule has 0 aromatic heterocycles. The van der Waals surface area contributed by atoms with E-state index in [2.05, 4.69) is 19.0 Å². The van der Waals surface area contributed by atoms with Crippen molar-refractivity contribution in [2.45, 2.75) is 33.6 Å². The smallest absolute Gasteiger partial charge is 0.128 e. The minimum Gasteiger partial charge on any atom is -0.493 e. The molecule has 1 atom stereocenters. The summed E-state index contributed by atoms with van der Waals surface area (Å²) in [5, 5.41) is 12.3. The Morgan fingerprint density at radius 2 is 2.06 bits per heavy atom. The Morgan fingerprint density at radius 3 is 2.65 bits per heavy atom.